The molecule has 0 amide bonds. The Kier molecular flexibility index (Phi) is 9.72. The van der Waals surface area contributed by atoms with Crippen LogP contribution < -0.4 is 14.8 Å². The Morgan fingerprint density at radius 2 is 1.88 bits per heavy atom. The van der Waals surface area contributed by atoms with Gasteiger partial charge in [0.1, 0.15) is 0 Å². The van der Waals surface area contributed by atoms with Crippen LogP contribution in [0.25, 0.3) is 22.0 Å². The fraction of sp³-hybridized carbons (Fsp3) is 0.231. The van der Waals surface area contributed by atoms with Crippen LogP contribution in [0.4, 0.5) is 11.6 Å². The minimum Gasteiger partial charge on any atom is -0.483 e. The predicted molar refractivity (Wildman–Crippen MR) is 160 cm³/mol. The molecule has 11 nitrogen and oxygen atoms in total. The van der Waals surface area contributed by atoms with Gasteiger partial charge in [0.15, 0.2) is 4.90 Å². The number of nitrogens with zero attached hydrogens (tertiary/aromatic N) is 4. The molecule has 41 heavy (non-hydrogen) atoms. The van der Waals surface area contributed by atoms with Crippen LogP contribution in [0.15, 0.2) is 53.7 Å². The highest BCUT2D eigenvalue weighted by atomic mass is 35.5. The lowest BCUT2D eigenvalue weighted by atomic mass is 10.0. The summed E-state index contributed by atoms with van der Waals surface area (Å²) in [6, 6.07) is 10.2. The first-order valence-corrected chi connectivity index (χ1v) is 14.7. The number of aromatic nitrogens is 3. The number of carboxylic acid groups (broad SMARTS) is 1. The van der Waals surface area contributed by atoms with E-state index < -0.39 is 10.0 Å². The van der Waals surface area contributed by atoms with Gasteiger partial charge in [0.25, 0.3) is 16.5 Å². The van der Waals surface area contributed by atoms with Gasteiger partial charge >= 0.3 is 0 Å². The zero-order valence-corrected chi connectivity index (χ0v) is 24.9. The first-order chi connectivity index (χ1) is 19.6. The lowest BCUT2D eigenvalue weighted by Gasteiger charge is -2.16. The fourth-order valence-corrected chi connectivity index (χ4v) is 6.48. The Balaban J connectivity index is 0.00000124. The molecular weight excluding hydrogens is 615 g/mol. The van der Waals surface area contributed by atoms with Gasteiger partial charge < -0.3 is 20.1 Å². The van der Waals surface area contributed by atoms with Crippen LogP contribution in [0, 0.1) is 0 Å². The first kappa shape index (κ1) is 30.5. The molecule has 4 aromatic rings. The number of sulfonamides is 1. The molecule has 1 atom stereocenters. The van der Waals surface area contributed by atoms with Crippen LogP contribution in [0.5, 0.6) is 5.88 Å². The van der Waals surface area contributed by atoms with Gasteiger partial charge in [-0.25, -0.2) is 23.4 Å². The number of nitrogens with one attached hydrogen (secondary N) is 2. The van der Waals surface area contributed by atoms with E-state index in [4.69, 9.17) is 49.4 Å². The minimum atomic E-state index is -4.15. The summed E-state index contributed by atoms with van der Waals surface area (Å²) in [7, 11) is -0.738. The van der Waals surface area contributed by atoms with Gasteiger partial charge in [-0.3, -0.25) is 9.52 Å². The molecule has 1 fully saturated rings. The van der Waals surface area contributed by atoms with E-state index in [1.54, 1.807) is 12.3 Å². The molecule has 15 heteroatoms. The zero-order valence-electron chi connectivity index (χ0n) is 21.8. The monoisotopic (exact) mass is 638 g/mol. The highest BCUT2D eigenvalue weighted by molar-refractivity contribution is 7.92. The molecule has 3 N–H and O–H groups in total. The number of fused-ring (bicyclic) bond motifs is 1. The van der Waals surface area contributed by atoms with E-state index in [0.29, 0.717) is 28.1 Å². The quantitative estimate of drug-likeness (QED) is 0.228. The molecule has 0 spiro atoms. The van der Waals surface area contributed by atoms with Gasteiger partial charge in [-0.15, -0.1) is 0 Å². The van der Waals surface area contributed by atoms with Gasteiger partial charge in [-0.1, -0.05) is 40.9 Å². The average Bonchev–Trinajstić information content (AvgIpc) is 3.35. The molecule has 0 aliphatic carbocycles. The molecule has 216 valence electrons. The number of rotatable bonds is 7. The number of halogens is 3. The minimum absolute atomic E-state index is 0.101. The van der Waals surface area contributed by atoms with Crippen LogP contribution in [0.3, 0.4) is 0 Å². The maximum absolute atomic E-state index is 13.2. The molecule has 0 saturated carbocycles. The van der Waals surface area contributed by atoms with Crippen molar-refractivity contribution >= 4 is 73.8 Å². The highest BCUT2D eigenvalue weighted by Gasteiger charge is 2.24. The van der Waals surface area contributed by atoms with Gasteiger partial charge in [0, 0.05) is 35.9 Å². The lowest BCUT2D eigenvalue weighted by molar-refractivity contribution is -0.122. The second kappa shape index (κ2) is 13.0. The standard InChI is InChI=1S/C25H23Cl3N6O3S.CH2O2/c1-34-8-7-17(13-34)31-25-30-11-15-9-14(3-5-19(15)32-25)22-18(27)4-6-20(23(22)28)33-38(35,36)21-10-16(26)12-29-24(21)37-2;2-1-3/h3-6,9-12,17,33H,7-8,13H2,1-2H3,(H,30,31,32);1H,(H,2,3). The molecule has 1 aliphatic heterocycles. The number of hydrogen-bond donors (Lipinski definition) is 3. The molecular formula is C26H25Cl3N6O5S. The molecule has 0 radical (unpaired) electrons. The molecule has 3 heterocycles. The van der Waals surface area contributed by atoms with Crippen molar-refractivity contribution in [3.8, 4) is 17.0 Å². The second-order valence-corrected chi connectivity index (χ2v) is 11.9. The van der Waals surface area contributed by atoms with Crippen LogP contribution in [-0.2, 0) is 14.8 Å². The Morgan fingerprint density at radius 3 is 2.56 bits per heavy atom. The summed E-state index contributed by atoms with van der Waals surface area (Å²) in [6.45, 7) is 1.73. The topological polar surface area (TPSA) is 147 Å². The molecule has 2 aromatic carbocycles. The van der Waals surface area contributed by atoms with E-state index in [-0.39, 0.29) is 33.0 Å². The van der Waals surface area contributed by atoms with Crippen molar-refractivity contribution in [2.24, 2.45) is 0 Å². The van der Waals surface area contributed by atoms with Crippen LogP contribution >= 0.6 is 34.8 Å². The van der Waals surface area contributed by atoms with E-state index in [2.05, 4.69) is 36.9 Å². The van der Waals surface area contributed by atoms with Gasteiger partial charge in [-0.05, 0) is 55.9 Å². The normalized spacial score (nSPS) is 15.2. The van der Waals surface area contributed by atoms with Crippen LogP contribution in [0.1, 0.15) is 6.42 Å². The van der Waals surface area contributed by atoms with E-state index in [9.17, 15) is 8.42 Å². The number of ether oxygens (including phenoxy) is 1. The van der Waals surface area contributed by atoms with E-state index in [0.717, 1.165) is 30.4 Å². The van der Waals surface area contributed by atoms with E-state index in [1.165, 1.54) is 25.4 Å². The number of carbonyl (C=O) groups is 1. The molecule has 1 aliphatic rings. The summed E-state index contributed by atoms with van der Waals surface area (Å²) in [5.41, 5.74) is 2.02. The number of methoxy groups -OCH3 is 1. The fourth-order valence-electron chi connectivity index (χ4n) is 4.34. The van der Waals surface area contributed by atoms with Crippen molar-refractivity contribution in [1.82, 2.24) is 19.9 Å². The Hall–Kier alpha value is -3.42. The van der Waals surface area contributed by atoms with Crippen LogP contribution in [0.2, 0.25) is 15.1 Å². The average molecular weight is 640 g/mol. The highest BCUT2D eigenvalue weighted by Crippen LogP contribution is 2.41. The molecule has 2 aromatic heterocycles. The number of likely N-dealkylation sites (tertiary alicyclic amines) is 1. The van der Waals surface area contributed by atoms with Crippen molar-refractivity contribution in [2.45, 2.75) is 17.4 Å². The first-order valence-electron chi connectivity index (χ1n) is 12.1. The van der Waals surface area contributed by atoms with Crippen molar-refractivity contribution in [2.75, 3.05) is 37.3 Å². The van der Waals surface area contributed by atoms with E-state index >= 15 is 0 Å². The number of benzene rings is 2. The number of anilines is 2. The van der Waals surface area contributed by atoms with Crippen molar-refractivity contribution < 1.29 is 23.1 Å². The maximum Gasteiger partial charge on any atom is 0.290 e. The molecule has 1 saturated heterocycles. The summed E-state index contributed by atoms with van der Waals surface area (Å²) in [5.74, 6) is 0.472. The number of hydrogen-bond acceptors (Lipinski definition) is 9. The zero-order chi connectivity index (χ0) is 29.7. The van der Waals surface area contributed by atoms with Crippen LogP contribution in [-0.4, -0.2) is 73.1 Å². The summed E-state index contributed by atoms with van der Waals surface area (Å²) in [6.07, 6.45) is 4.07. The Bertz CT molecular complexity index is 1690. The van der Waals surface area contributed by atoms with E-state index in [1.807, 2.05) is 18.2 Å². The third kappa shape index (κ3) is 7.08. The predicted octanol–water partition coefficient (Wildman–Crippen LogP) is 5.28. The van der Waals surface area contributed by atoms with Crippen molar-refractivity contribution in [3.63, 3.8) is 0 Å². The molecule has 5 rings (SSSR count). The summed E-state index contributed by atoms with van der Waals surface area (Å²) >= 11 is 19.2. The number of likely N-dealkylation sites (N-methyl/N-ethyl adjacent to an activating group) is 1. The maximum atomic E-state index is 13.2. The molecule has 0 bridgehead atoms. The second-order valence-electron chi connectivity index (χ2n) is 9.02. The Morgan fingerprint density at radius 1 is 1.12 bits per heavy atom. The largest absolute Gasteiger partial charge is 0.483 e. The van der Waals surface area contributed by atoms with Crippen molar-refractivity contribution in [3.05, 3.63) is 63.9 Å². The van der Waals surface area contributed by atoms with Gasteiger partial charge in [0.2, 0.25) is 11.8 Å². The summed E-state index contributed by atoms with van der Waals surface area (Å²) < 4.78 is 33.9. The van der Waals surface area contributed by atoms with Gasteiger partial charge in [0.05, 0.1) is 33.4 Å². The van der Waals surface area contributed by atoms with Gasteiger partial charge in [-0.2, -0.15) is 0 Å². The number of pyridine rings is 1. The van der Waals surface area contributed by atoms with Crippen molar-refractivity contribution in [1.29, 1.82) is 0 Å². The molecule has 1 unspecified atom stereocenters. The summed E-state index contributed by atoms with van der Waals surface area (Å²) in [5, 5.41) is 11.7. The SMILES string of the molecule is COc1ncc(Cl)cc1S(=O)(=O)Nc1ccc(Cl)c(-c2ccc3nc(NC4CCN(C)C4)ncc3c2)c1Cl.O=CO. The smallest absolute Gasteiger partial charge is 0.290 e. The lowest BCUT2D eigenvalue weighted by Crippen LogP contribution is -2.24. The third-order valence-electron chi connectivity index (χ3n) is 6.20. The Labute approximate surface area is 251 Å². The summed E-state index contributed by atoms with van der Waals surface area (Å²) in [4.78, 5) is 23.4. The third-order valence-corrected chi connectivity index (χ3v) is 8.47.